The van der Waals surface area contributed by atoms with Gasteiger partial charge in [-0.15, -0.1) is 17.5 Å². The molecule has 0 atom stereocenters. The molecule has 172 valence electrons. The Morgan fingerprint density at radius 3 is 2.09 bits per heavy atom. The Kier molecular flexibility index (Phi) is 9.44. The maximum atomic E-state index is 3.45. The average molecular weight is 511 g/mol. The second-order valence-electron chi connectivity index (χ2n) is 10.1. The predicted octanol–water partition coefficient (Wildman–Crippen LogP) is 1.15. The quantitative estimate of drug-likeness (QED) is 0.314. The first-order valence-electron chi connectivity index (χ1n) is 12.0. The molecule has 0 aromatic heterocycles. The van der Waals surface area contributed by atoms with E-state index >= 15 is 0 Å². The van der Waals surface area contributed by atoms with Crippen molar-refractivity contribution in [1.82, 2.24) is 0 Å². The van der Waals surface area contributed by atoms with E-state index in [9.17, 15) is 0 Å². The van der Waals surface area contributed by atoms with Gasteiger partial charge < -0.3 is 24.8 Å². The number of aryl methyl sites for hydroxylation is 2. The van der Waals surface area contributed by atoms with Crippen LogP contribution in [-0.2, 0) is 26.4 Å². The van der Waals surface area contributed by atoms with Gasteiger partial charge in [-0.3, -0.25) is 6.08 Å². The van der Waals surface area contributed by atoms with E-state index in [4.69, 9.17) is 0 Å². The number of benzene rings is 2. The van der Waals surface area contributed by atoms with Crippen LogP contribution in [0.15, 0.2) is 48.6 Å². The molecule has 8 rings (SSSR count). The molecule has 0 nitrogen and oxygen atoms in total. The van der Waals surface area contributed by atoms with Crippen LogP contribution in [0.4, 0.5) is 0 Å². The monoisotopic (exact) mass is 510 g/mol. The molecule has 0 amide bonds. The van der Waals surface area contributed by atoms with Gasteiger partial charge >= 0.3 is 79.6 Å². The van der Waals surface area contributed by atoms with Crippen molar-refractivity contribution in [3.05, 3.63) is 83.0 Å². The summed E-state index contributed by atoms with van der Waals surface area (Å²) in [5.74, 6) is 4.40. The maximum absolute atomic E-state index is 3.45. The molecule has 0 spiro atoms. The molecular formula is C30H32Cl2Ti-2. The minimum atomic E-state index is 0. The summed E-state index contributed by atoms with van der Waals surface area (Å²) in [5, 5.41) is 0. The molecule has 0 saturated heterocycles. The van der Waals surface area contributed by atoms with Crippen molar-refractivity contribution in [3.8, 4) is 11.1 Å². The summed E-state index contributed by atoms with van der Waals surface area (Å²) in [6.07, 6.45) is 18.9. The van der Waals surface area contributed by atoms with Crippen LogP contribution in [-0.4, -0.2) is 3.81 Å². The van der Waals surface area contributed by atoms with Gasteiger partial charge in [-0.2, -0.15) is 29.8 Å². The molecule has 2 aromatic rings. The molecule has 0 radical (unpaired) electrons. The minimum absolute atomic E-state index is 0. The normalized spacial score (nSPS) is 26.2. The number of hydrogen-bond acceptors (Lipinski definition) is 0. The standard InChI is InChI=1S/C15H13.C10H14.C5H5.2ClH.Ti/c1-10-3-5-14-12(7-10)9-13-8-11(2)4-6-15(13)14;1-7-2-9-4-8(1)5-10(3-7)6-9;1-2-4-5-3-1;;;/h3-7H,9H2,1-2H3;7-10H,1-5H2;1-3H,4H2;2*1H;/q-1;;-1;;;+2/p-2. The number of fused-ring (bicyclic) bond motifs is 3. The zero-order valence-electron chi connectivity index (χ0n) is 19.6. The van der Waals surface area contributed by atoms with Gasteiger partial charge in [-0.1, -0.05) is 36.2 Å². The van der Waals surface area contributed by atoms with E-state index in [2.05, 4.69) is 82.4 Å². The van der Waals surface area contributed by atoms with Crippen LogP contribution in [0.25, 0.3) is 11.1 Å². The van der Waals surface area contributed by atoms with Gasteiger partial charge in [0.15, 0.2) is 0 Å². The molecule has 4 fully saturated rings. The SMILES string of the molecule is Cc1[c-]c2c(cc1)-c1ccc(C)cc1C2.[C-]1=CC=CC1.[Cl-].[Cl-].[Ti+2]=[C]1C2CC3CC(C2)CC1C3. The second kappa shape index (κ2) is 11.7. The fourth-order valence-corrected chi connectivity index (χ4v) is 7.14. The molecule has 4 bridgehead atoms. The van der Waals surface area contributed by atoms with Crippen LogP contribution < -0.4 is 24.8 Å². The molecule has 0 N–H and O–H groups in total. The summed E-state index contributed by atoms with van der Waals surface area (Å²) in [6, 6.07) is 14.5. The molecular weight excluding hydrogens is 479 g/mol. The summed E-state index contributed by atoms with van der Waals surface area (Å²) < 4.78 is 1.87. The van der Waals surface area contributed by atoms with E-state index in [-0.39, 0.29) is 24.8 Å². The van der Waals surface area contributed by atoms with Crippen molar-refractivity contribution in [2.75, 3.05) is 0 Å². The third-order valence-electron chi connectivity index (χ3n) is 7.69. The van der Waals surface area contributed by atoms with Crippen molar-refractivity contribution in [1.29, 1.82) is 0 Å². The number of hydrogen-bond donors (Lipinski definition) is 0. The zero-order chi connectivity index (χ0) is 21.4. The Hall–Kier alpha value is -0.916. The molecule has 6 aliphatic rings. The van der Waals surface area contributed by atoms with Gasteiger partial charge in [-0.05, 0) is 18.9 Å². The number of halogens is 2. The Bertz CT molecular complexity index is 960. The van der Waals surface area contributed by atoms with E-state index in [1.54, 1.807) is 32.1 Å². The van der Waals surface area contributed by atoms with Crippen molar-refractivity contribution in [3.63, 3.8) is 0 Å². The summed E-state index contributed by atoms with van der Waals surface area (Å²) in [4.78, 5) is 0. The third kappa shape index (κ3) is 6.02. The Labute approximate surface area is 224 Å². The van der Waals surface area contributed by atoms with Crippen molar-refractivity contribution in [2.24, 2.45) is 23.7 Å². The predicted molar refractivity (Wildman–Crippen MR) is 127 cm³/mol. The number of rotatable bonds is 0. The van der Waals surface area contributed by atoms with E-state index in [0.717, 1.165) is 36.5 Å². The van der Waals surface area contributed by atoms with E-state index in [1.165, 1.54) is 33.4 Å². The fourth-order valence-electron chi connectivity index (χ4n) is 6.40. The molecule has 0 heterocycles. The first-order chi connectivity index (χ1) is 15.1. The van der Waals surface area contributed by atoms with Gasteiger partial charge in [0.1, 0.15) is 0 Å². The van der Waals surface area contributed by atoms with Crippen LogP contribution >= 0.6 is 0 Å². The summed E-state index contributed by atoms with van der Waals surface area (Å²) in [5.41, 5.74) is 8.15. The zero-order valence-corrected chi connectivity index (χ0v) is 22.7. The van der Waals surface area contributed by atoms with Crippen molar-refractivity contribution < 1.29 is 44.8 Å². The van der Waals surface area contributed by atoms with Gasteiger partial charge in [0.2, 0.25) is 0 Å². The van der Waals surface area contributed by atoms with Crippen molar-refractivity contribution >= 4 is 3.81 Å². The fraction of sp³-hybridized carbons (Fsp3) is 0.433. The van der Waals surface area contributed by atoms with Gasteiger partial charge in [0, 0.05) is 0 Å². The molecule has 33 heavy (non-hydrogen) atoms. The van der Waals surface area contributed by atoms with Crippen LogP contribution in [0.2, 0.25) is 0 Å². The second-order valence-corrected chi connectivity index (χ2v) is 11.0. The summed E-state index contributed by atoms with van der Waals surface area (Å²) in [7, 11) is 0. The first kappa shape index (κ1) is 26.7. The van der Waals surface area contributed by atoms with Crippen LogP contribution in [0.5, 0.6) is 0 Å². The Morgan fingerprint density at radius 2 is 1.52 bits per heavy atom. The molecule has 6 aliphatic carbocycles. The van der Waals surface area contributed by atoms with Crippen molar-refractivity contribution in [2.45, 2.75) is 58.8 Å². The van der Waals surface area contributed by atoms with Gasteiger partial charge in [-0.25, -0.2) is 12.2 Å². The van der Waals surface area contributed by atoms with Crippen LogP contribution in [0, 0.1) is 49.7 Å². The van der Waals surface area contributed by atoms with E-state index in [1.807, 2.05) is 16.0 Å². The molecule has 2 aromatic carbocycles. The molecule has 4 saturated carbocycles. The van der Waals surface area contributed by atoms with Gasteiger partial charge in [0.05, 0.1) is 0 Å². The number of allylic oxidation sites excluding steroid dienone is 4. The molecule has 0 unspecified atom stereocenters. The first-order valence-corrected chi connectivity index (χ1v) is 12.8. The van der Waals surface area contributed by atoms with Crippen LogP contribution in [0.1, 0.15) is 60.8 Å². The Morgan fingerprint density at radius 1 is 0.848 bits per heavy atom. The molecule has 3 heteroatoms. The average Bonchev–Trinajstić information content (AvgIpc) is 3.42. The topological polar surface area (TPSA) is 0 Å². The summed E-state index contributed by atoms with van der Waals surface area (Å²) >= 11 is 2.42. The van der Waals surface area contributed by atoms with Crippen LogP contribution in [0.3, 0.4) is 0 Å². The van der Waals surface area contributed by atoms with E-state index < -0.39 is 0 Å². The molecule has 0 aliphatic heterocycles. The third-order valence-corrected chi connectivity index (χ3v) is 8.97. The van der Waals surface area contributed by atoms with Gasteiger partial charge in [0.25, 0.3) is 0 Å². The Balaban J connectivity index is 0.000000150. The van der Waals surface area contributed by atoms with E-state index in [0.29, 0.717) is 0 Å². The summed E-state index contributed by atoms with van der Waals surface area (Å²) in [6.45, 7) is 4.26.